The molecule has 0 radical (unpaired) electrons. The summed E-state index contributed by atoms with van der Waals surface area (Å²) >= 11 is 0. The van der Waals surface area contributed by atoms with Crippen molar-refractivity contribution in [2.24, 2.45) is 0 Å². The van der Waals surface area contributed by atoms with Gasteiger partial charge in [0.15, 0.2) is 0 Å². The van der Waals surface area contributed by atoms with E-state index in [0.717, 1.165) is 24.2 Å². The normalized spacial score (nSPS) is 24.4. The number of ether oxygens (including phenoxy) is 1. The van der Waals surface area contributed by atoms with Gasteiger partial charge in [-0.2, -0.15) is 0 Å². The van der Waals surface area contributed by atoms with Gasteiger partial charge in [0.25, 0.3) is 0 Å². The van der Waals surface area contributed by atoms with Crippen molar-refractivity contribution in [2.45, 2.75) is 51.2 Å². The maximum absolute atomic E-state index is 10.1. The number of aliphatic hydroxyl groups is 1. The number of hydrogen-bond acceptors (Lipinski definition) is 2. The van der Waals surface area contributed by atoms with Gasteiger partial charge in [-0.3, -0.25) is 0 Å². The van der Waals surface area contributed by atoms with Crippen molar-refractivity contribution in [1.82, 2.24) is 0 Å². The molecule has 0 saturated heterocycles. The van der Waals surface area contributed by atoms with Gasteiger partial charge in [-0.15, -0.1) is 0 Å². The first-order valence-electron chi connectivity index (χ1n) is 5.99. The lowest BCUT2D eigenvalue weighted by Gasteiger charge is -2.39. The van der Waals surface area contributed by atoms with Crippen LogP contribution in [-0.2, 0) is 0 Å². The Kier molecular flexibility index (Phi) is 2.94. The molecule has 1 aliphatic heterocycles. The molecule has 1 heterocycles. The molecule has 1 N–H and O–H groups in total. The van der Waals surface area contributed by atoms with Crippen LogP contribution in [0, 0.1) is 0 Å². The maximum Gasteiger partial charge on any atom is 0.123 e. The minimum atomic E-state index is -0.274. The summed E-state index contributed by atoms with van der Waals surface area (Å²) in [6, 6.07) is 8.05. The van der Waals surface area contributed by atoms with E-state index >= 15 is 0 Å². The van der Waals surface area contributed by atoms with E-state index in [4.69, 9.17) is 4.74 Å². The fourth-order valence-electron chi connectivity index (χ4n) is 2.49. The molecule has 0 aliphatic carbocycles. The summed E-state index contributed by atoms with van der Waals surface area (Å²) in [5.41, 5.74) is 0.964. The van der Waals surface area contributed by atoms with Crippen molar-refractivity contribution in [3.8, 4) is 5.75 Å². The van der Waals surface area contributed by atoms with Crippen molar-refractivity contribution in [1.29, 1.82) is 0 Å². The Labute approximate surface area is 97.3 Å². The molecule has 0 amide bonds. The highest BCUT2D eigenvalue weighted by Gasteiger charge is 2.36. The summed E-state index contributed by atoms with van der Waals surface area (Å²) in [4.78, 5) is 0. The third-order valence-corrected chi connectivity index (χ3v) is 3.30. The summed E-state index contributed by atoms with van der Waals surface area (Å²) in [5.74, 6) is 1.13. The van der Waals surface area contributed by atoms with Gasteiger partial charge in [-0.05, 0) is 38.3 Å². The number of rotatable bonds is 2. The van der Waals surface area contributed by atoms with Gasteiger partial charge in [0.2, 0.25) is 0 Å². The van der Waals surface area contributed by atoms with Crippen LogP contribution in [0.1, 0.15) is 45.1 Å². The summed E-state index contributed by atoms with van der Waals surface area (Å²) in [6.45, 7) is 6.19. The third kappa shape index (κ3) is 2.07. The van der Waals surface area contributed by atoms with Crippen LogP contribution in [-0.4, -0.2) is 16.8 Å². The zero-order valence-electron chi connectivity index (χ0n) is 10.2. The largest absolute Gasteiger partial charge is 0.488 e. The molecule has 2 rings (SSSR count). The van der Waals surface area contributed by atoms with Gasteiger partial charge in [-0.25, -0.2) is 0 Å². The lowest BCUT2D eigenvalue weighted by atomic mass is 9.80. The van der Waals surface area contributed by atoms with Crippen LogP contribution in [0.4, 0.5) is 0 Å². The van der Waals surface area contributed by atoms with E-state index in [9.17, 15) is 5.11 Å². The van der Waals surface area contributed by atoms with Gasteiger partial charge in [0.05, 0.1) is 6.10 Å². The fourth-order valence-corrected chi connectivity index (χ4v) is 2.49. The third-order valence-electron chi connectivity index (χ3n) is 3.30. The van der Waals surface area contributed by atoms with Crippen LogP contribution < -0.4 is 4.74 Å². The van der Waals surface area contributed by atoms with Crippen molar-refractivity contribution >= 4 is 0 Å². The first kappa shape index (κ1) is 11.5. The molecule has 0 spiro atoms. The van der Waals surface area contributed by atoms with E-state index in [2.05, 4.69) is 19.9 Å². The molecule has 2 atom stereocenters. The predicted molar refractivity (Wildman–Crippen MR) is 64.8 cm³/mol. The second-order valence-electron chi connectivity index (χ2n) is 5.19. The molecule has 0 bridgehead atoms. The Hall–Kier alpha value is -1.02. The maximum atomic E-state index is 10.1. The molecular formula is C14H20O2. The fraction of sp³-hybridized carbons (Fsp3) is 0.571. The van der Waals surface area contributed by atoms with E-state index in [-0.39, 0.29) is 17.6 Å². The second-order valence-corrected chi connectivity index (χ2v) is 5.19. The van der Waals surface area contributed by atoms with Crippen LogP contribution in [0.3, 0.4) is 0 Å². The smallest absolute Gasteiger partial charge is 0.123 e. The molecule has 1 aromatic carbocycles. The highest BCUT2D eigenvalue weighted by Crippen LogP contribution is 2.42. The van der Waals surface area contributed by atoms with E-state index in [1.807, 2.05) is 25.1 Å². The van der Waals surface area contributed by atoms with Gasteiger partial charge >= 0.3 is 0 Å². The van der Waals surface area contributed by atoms with E-state index in [1.54, 1.807) is 0 Å². The molecule has 0 saturated carbocycles. The second kappa shape index (κ2) is 4.10. The Morgan fingerprint density at radius 3 is 2.81 bits per heavy atom. The van der Waals surface area contributed by atoms with Crippen molar-refractivity contribution in [2.75, 3.05) is 0 Å². The summed E-state index contributed by atoms with van der Waals surface area (Å²) < 4.78 is 5.93. The minimum Gasteiger partial charge on any atom is -0.488 e. The molecule has 2 heteroatoms. The van der Waals surface area contributed by atoms with Crippen LogP contribution in [0.25, 0.3) is 0 Å². The van der Waals surface area contributed by atoms with E-state index < -0.39 is 0 Å². The van der Waals surface area contributed by atoms with Crippen LogP contribution in [0.5, 0.6) is 5.75 Å². The first-order chi connectivity index (χ1) is 7.53. The topological polar surface area (TPSA) is 29.5 Å². The van der Waals surface area contributed by atoms with Crippen LogP contribution >= 0.6 is 0 Å². The summed E-state index contributed by atoms with van der Waals surface area (Å²) in [6.07, 6.45) is 1.39. The Morgan fingerprint density at radius 2 is 2.12 bits per heavy atom. The minimum absolute atomic E-state index is 0.185. The molecule has 0 aromatic heterocycles. The van der Waals surface area contributed by atoms with Crippen LogP contribution in [0.15, 0.2) is 24.3 Å². The molecule has 0 fully saturated rings. The van der Waals surface area contributed by atoms with Gasteiger partial charge in [-0.1, -0.05) is 25.1 Å². The van der Waals surface area contributed by atoms with E-state index in [0.29, 0.717) is 0 Å². The van der Waals surface area contributed by atoms with Crippen molar-refractivity contribution in [3.63, 3.8) is 0 Å². The highest BCUT2D eigenvalue weighted by atomic mass is 16.5. The Bertz CT molecular complexity index is 371. The van der Waals surface area contributed by atoms with Crippen molar-refractivity contribution in [3.05, 3.63) is 29.8 Å². The predicted octanol–water partition coefficient (Wildman–Crippen LogP) is 3.10. The average Bonchev–Trinajstić information content (AvgIpc) is 2.25. The average molecular weight is 220 g/mol. The number of hydrogen-bond donors (Lipinski definition) is 1. The lowest BCUT2D eigenvalue weighted by molar-refractivity contribution is 0.0332. The Morgan fingerprint density at radius 1 is 1.44 bits per heavy atom. The molecule has 1 aliphatic rings. The van der Waals surface area contributed by atoms with Crippen molar-refractivity contribution < 1.29 is 9.84 Å². The molecule has 16 heavy (non-hydrogen) atoms. The summed E-state index contributed by atoms with van der Waals surface area (Å²) in [5, 5.41) is 10.1. The zero-order chi connectivity index (χ0) is 11.8. The molecule has 2 nitrogen and oxygen atoms in total. The van der Waals surface area contributed by atoms with Gasteiger partial charge < -0.3 is 9.84 Å². The van der Waals surface area contributed by atoms with Gasteiger partial charge in [0, 0.05) is 5.92 Å². The number of benzene rings is 1. The molecule has 88 valence electrons. The van der Waals surface area contributed by atoms with Crippen LogP contribution in [0.2, 0.25) is 0 Å². The zero-order valence-corrected chi connectivity index (χ0v) is 10.2. The number of para-hydroxylation sites is 1. The molecular weight excluding hydrogens is 200 g/mol. The SMILES string of the molecule is CCC(O)C1CC(C)(C)Oc2ccccc21. The standard InChI is InChI=1S/C14H20O2/c1-4-12(15)11-9-14(2,3)16-13-8-6-5-7-10(11)13/h5-8,11-12,15H,4,9H2,1-3H3. The monoisotopic (exact) mass is 220 g/mol. The molecule has 2 unspecified atom stereocenters. The summed E-state index contributed by atoms with van der Waals surface area (Å²) in [7, 11) is 0. The molecule has 1 aromatic rings. The number of aliphatic hydroxyl groups excluding tert-OH is 1. The quantitative estimate of drug-likeness (QED) is 0.830. The first-order valence-corrected chi connectivity index (χ1v) is 5.99. The van der Waals surface area contributed by atoms with Gasteiger partial charge in [0.1, 0.15) is 11.4 Å². The Balaban J connectivity index is 2.39. The lowest BCUT2D eigenvalue weighted by Crippen LogP contribution is -2.38. The highest BCUT2D eigenvalue weighted by molar-refractivity contribution is 5.39. The number of fused-ring (bicyclic) bond motifs is 1. The van der Waals surface area contributed by atoms with E-state index in [1.165, 1.54) is 0 Å².